The van der Waals surface area contributed by atoms with Crippen LogP contribution in [0.3, 0.4) is 0 Å². The average molecular weight is 841 g/mol. The lowest BCUT2D eigenvalue weighted by atomic mass is 9.66. The van der Waals surface area contributed by atoms with Crippen LogP contribution in [0.5, 0.6) is 0 Å². The van der Waals surface area contributed by atoms with E-state index in [2.05, 4.69) is 156 Å². The van der Waals surface area contributed by atoms with Gasteiger partial charge in [0.1, 0.15) is 29.1 Å². The van der Waals surface area contributed by atoms with E-state index in [0.29, 0.717) is 0 Å². The van der Waals surface area contributed by atoms with Crippen LogP contribution in [0.25, 0.3) is 90.9 Å². The fourth-order valence-corrected chi connectivity index (χ4v) is 10.3. The molecule has 6 aliphatic rings. The van der Waals surface area contributed by atoms with Gasteiger partial charge in [0.05, 0.1) is 85.5 Å². The number of nitrogens with one attached hydrogen (secondary N) is 2. The zero-order chi connectivity index (χ0) is 46.5. The van der Waals surface area contributed by atoms with Gasteiger partial charge in [0.15, 0.2) is 0 Å². The third-order valence-electron chi connectivity index (χ3n) is 15.0. The first-order valence-electron chi connectivity index (χ1n) is 23.0. The summed E-state index contributed by atoms with van der Waals surface area (Å²) in [5.41, 5.74) is 17.2. The van der Waals surface area contributed by atoms with Crippen molar-refractivity contribution in [3.63, 3.8) is 0 Å². The van der Waals surface area contributed by atoms with Crippen molar-refractivity contribution in [3.8, 4) is 44.5 Å². The van der Waals surface area contributed by atoms with Crippen LogP contribution in [0.1, 0.15) is 45.0 Å². The first-order chi connectivity index (χ1) is 32.7. The molecular weight excluding hydrogens is 810 g/mol. The van der Waals surface area contributed by atoms with Crippen molar-refractivity contribution in [1.29, 1.82) is 0 Å². The van der Waals surface area contributed by atoms with Crippen LogP contribution in [0, 0.1) is 0 Å². The van der Waals surface area contributed by atoms with Crippen molar-refractivity contribution in [3.05, 3.63) is 166 Å². The Balaban J connectivity index is 1.09. The van der Waals surface area contributed by atoms with E-state index < -0.39 is 20.9 Å². The SMILES string of the molecule is [B]C1[B]C1([B])c1ccc(-c2c3nc(c(-c4ccc(C5([B])[B]C5[B])cc4)c4ccc([nH]4)c(-c4ccc(C5([B])[B]C5[B])cc4)c4nc(c(-c5ccc(C6([B])[B]C6[B])cc5)c5ccc2[nH]5)C=C4)C=C3)cc1. The molecule has 68 heavy (non-hydrogen) atoms. The minimum atomic E-state index is -0.649. The molecule has 0 saturated carbocycles. The van der Waals surface area contributed by atoms with Gasteiger partial charge in [-0.2, -0.15) is 0 Å². The molecule has 4 saturated heterocycles. The summed E-state index contributed by atoms with van der Waals surface area (Å²) in [7, 11) is 59.4. The van der Waals surface area contributed by atoms with Crippen LogP contribution in [-0.2, 0) is 20.9 Å². The van der Waals surface area contributed by atoms with Crippen molar-refractivity contribution in [2.24, 2.45) is 0 Å². The summed E-state index contributed by atoms with van der Waals surface area (Å²) in [5.74, 6) is 0. The molecule has 7 aromatic rings. The summed E-state index contributed by atoms with van der Waals surface area (Å²) in [4.78, 5) is 18.6. The van der Waals surface area contributed by atoms with Crippen molar-refractivity contribution < 1.29 is 0 Å². The zero-order valence-corrected chi connectivity index (χ0v) is 37.0. The number of fused-ring (bicyclic) bond motifs is 8. The van der Waals surface area contributed by atoms with Gasteiger partial charge < -0.3 is 9.97 Å². The Morgan fingerprint density at radius 1 is 0.324 bits per heavy atom. The monoisotopic (exact) mass is 842 g/mol. The van der Waals surface area contributed by atoms with E-state index in [9.17, 15) is 0 Å². The molecule has 20 radical (unpaired) electrons. The highest BCUT2D eigenvalue weighted by Gasteiger charge is 2.49. The van der Waals surface area contributed by atoms with Gasteiger partial charge in [-0.15, -0.1) is 22.9 Å². The molecule has 4 nitrogen and oxygen atoms in total. The van der Waals surface area contributed by atoms with Gasteiger partial charge in [0, 0.05) is 44.3 Å². The molecule has 0 spiro atoms. The molecule has 294 valence electrons. The molecule has 2 N–H and O–H groups in total. The molecule has 16 heteroatoms. The van der Waals surface area contributed by atoms with E-state index in [1.807, 2.05) is 29.1 Å². The van der Waals surface area contributed by atoms with Gasteiger partial charge in [-0.05, 0) is 70.8 Å². The van der Waals surface area contributed by atoms with Gasteiger partial charge >= 0.3 is 0 Å². The quantitative estimate of drug-likeness (QED) is 0.160. The lowest BCUT2D eigenvalue weighted by Gasteiger charge is -2.14. The fourth-order valence-electron chi connectivity index (χ4n) is 10.3. The Kier molecular flexibility index (Phi) is 9.27. The second kappa shape index (κ2) is 14.9. The summed E-state index contributed by atoms with van der Waals surface area (Å²) in [6.45, 7) is 0. The highest BCUT2D eigenvalue weighted by Crippen LogP contribution is 2.50. The summed E-state index contributed by atoms with van der Waals surface area (Å²) < 4.78 is 0. The average Bonchev–Trinajstić information content (AvgIpc) is 4.09. The summed E-state index contributed by atoms with van der Waals surface area (Å²) in [6.07, 6.45) is 8.33. The van der Waals surface area contributed by atoms with Crippen LogP contribution in [0.15, 0.2) is 121 Å². The summed E-state index contributed by atoms with van der Waals surface area (Å²) in [5, 5.41) is -2.60. The number of hydrogen-bond donors (Lipinski definition) is 2. The Morgan fingerprint density at radius 2 is 0.515 bits per heavy atom. The van der Waals surface area contributed by atoms with Crippen LogP contribution in [0.4, 0.5) is 0 Å². The molecule has 13 rings (SSSR count). The molecule has 0 amide bonds. The smallest absolute Gasteiger partial charge is 0.104 e. The molecular formula is C52H30B12N4. The molecule has 9 heterocycles. The van der Waals surface area contributed by atoms with Crippen molar-refractivity contribution in [2.75, 3.05) is 0 Å². The molecule has 8 atom stereocenters. The number of rotatable bonds is 8. The van der Waals surface area contributed by atoms with E-state index in [1.165, 1.54) is 0 Å². The maximum Gasteiger partial charge on any atom is 0.104 e. The number of aromatic amines is 2. The molecule has 0 aliphatic carbocycles. The van der Waals surface area contributed by atoms with Crippen LogP contribution >= 0.6 is 0 Å². The lowest BCUT2D eigenvalue weighted by Crippen LogP contribution is -2.09. The van der Waals surface area contributed by atoms with E-state index in [-0.39, 0.29) is 22.9 Å². The predicted molar refractivity (Wildman–Crippen MR) is 291 cm³/mol. The lowest BCUT2D eigenvalue weighted by molar-refractivity contribution is 1.06. The highest BCUT2D eigenvalue weighted by atomic mass is 14.8. The molecule has 6 aliphatic heterocycles. The van der Waals surface area contributed by atoms with E-state index in [1.54, 1.807) is 0 Å². The Bertz CT molecular complexity index is 3050. The third kappa shape index (κ3) is 6.66. The second-order valence-electron chi connectivity index (χ2n) is 19.3. The number of nitrogens with zero attached hydrogens (tertiary/aromatic N) is 2. The summed E-state index contributed by atoms with van der Waals surface area (Å²) >= 11 is 0. The first kappa shape index (κ1) is 42.4. The standard InChI is InChI=1S/C52H30B12N4/c53-45-49(57,61-45)29-9-1-25(2-10-29)41-33-17-19-35(65-33)42(26-3-11-30(12-4-26)50(58)46(54)62-50)37-21-23-39(67-37)44(28-7-15-32(16-8-28)52(60)48(56)64-52)40-24-22-38(68-40)43(36-20-18-34(41)66-36)27-5-13-31(14-6-27)51(59)47(55)63-51/h1-24,45-48,65,68H. The number of benzene rings is 4. The van der Waals surface area contributed by atoms with Crippen LogP contribution in [0.2, 0.25) is 22.9 Å². The maximum atomic E-state index is 6.65. The van der Waals surface area contributed by atoms with Crippen LogP contribution < -0.4 is 0 Å². The number of hydrogen-bond acceptors (Lipinski definition) is 2. The van der Waals surface area contributed by atoms with Crippen molar-refractivity contribution >= 4 is 138 Å². The van der Waals surface area contributed by atoms with Gasteiger partial charge in [-0.25, -0.2) is 9.97 Å². The predicted octanol–water partition coefficient (Wildman–Crippen LogP) is 7.14. The third-order valence-corrected chi connectivity index (χ3v) is 15.0. The maximum absolute atomic E-state index is 6.65. The topological polar surface area (TPSA) is 57.4 Å². The minimum absolute atomic E-state index is 0.193. The van der Waals surface area contributed by atoms with E-state index in [4.69, 9.17) is 72.7 Å². The number of H-pyrrole nitrogens is 2. The van der Waals surface area contributed by atoms with Crippen molar-refractivity contribution in [1.82, 2.24) is 19.9 Å². The van der Waals surface area contributed by atoms with Gasteiger partial charge in [0.2, 0.25) is 0 Å². The van der Waals surface area contributed by atoms with Gasteiger partial charge in [-0.3, -0.25) is 0 Å². The van der Waals surface area contributed by atoms with Crippen molar-refractivity contribution in [2.45, 2.75) is 43.7 Å². The Morgan fingerprint density at radius 3 is 0.691 bits per heavy atom. The molecule has 8 bridgehead atoms. The first-order valence-corrected chi connectivity index (χ1v) is 23.0. The summed E-state index contributed by atoms with van der Waals surface area (Å²) in [6, 6.07) is 41.7. The Hall–Kier alpha value is -5.74. The van der Waals surface area contributed by atoms with E-state index >= 15 is 0 Å². The normalized spacial score (nSPS) is 27.9. The molecule has 4 aromatic carbocycles. The van der Waals surface area contributed by atoms with Crippen LogP contribution in [-0.4, -0.2) is 112 Å². The second-order valence-corrected chi connectivity index (χ2v) is 19.3. The molecule has 4 fully saturated rings. The Labute approximate surface area is 410 Å². The van der Waals surface area contributed by atoms with Gasteiger partial charge in [0.25, 0.3) is 0 Å². The minimum Gasteiger partial charge on any atom is -0.354 e. The van der Waals surface area contributed by atoms with E-state index in [0.717, 1.165) is 112 Å². The highest BCUT2D eigenvalue weighted by molar-refractivity contribution is 6.79. The van der Waals surface area contributed by atoms with Gasteiger partial charge in [-0.1, -0.05) is 140 Å². The molecule has 8 unspecified atom stereocenters. The number of aromatic nitrogens is 4. The fraction of sp³-hybridized carbons (Fsp3) is 0.154. The zero-order valence-electron chi connectivity index (χ0n) is 37.0. The molecule has 3 aromatic heterocycles. The largest absolute Gasteiger partial charge is 0.354 e.